The number of nitrogens with zero attached hydrogens (tertiary/aromatic N) is 3. The Morgan fingerprint density at radius 2 is 2.11 bits per heavy atom. The van der Waals surface area contributed by atoms with E-state index >= 15 is 0 Å². The Morgan fingerprint density at radius 3 is 2.68 bits per heavy atom. The summed E-state index contributed by atoms with van der Waals surface area (Å²) >= 11 is 0. The quantitative estimate of drug-likeness (QED) is 0.889. The van der Waals surface area contributed by atoms with E-state index in [1.165, 1.54) is 0 Å². The molecule has 0 aromatic carbocycles. The third-order valence-electron chi connectivity index (χ3n) is 3.24. The molecule has 0 spiro atoms. The van der Waals surface area contributed by atoms with Crippen LogP contribution in [0.25, 0.3) is 0 Å². The highest BCUT2D eigenvalue weighted by Crippen LogP contribution is 2.21. The molecule has 2 rings (SSSR count). The van der Waals surface area contributed by atoms with Crippen molar-refractivity contribution in [2.75, 3.05) is 36.5 Å². The second-order valence-corrected chi connectivity index (χ2v) is 6.78. The van der Waals surface area contributed by atoms with Crippen molar-refractivity contribution in [2.45, 2.75) is 26.3 Å². The molecule has 1 aromatic heterocycles. The van der Waals surface area contributed by atoms with Crippen LogP contribution in [-0.2, 0) is 17.3 Å². The van der Waals surface area contributed by atoms with Crippen LogP contribution in [0, 0.1) is 0 Å². The number of hydrogen-bond acceptors (Lipinski definition) is 5. The van der Waals surface area contributed by atoms with Gasteiger partial charge in [-0.3, -0.25) is 4.21 Å². The van der Waals surface area contributed by atoms with Crippen LogP contribution in [-0.4, -0.2) is 45.8 Å². The summed E-state index contributed by atoms with van der Waals surface area (Å²) in [5, 5.41) is 3.16. The van der Waals surface area contributed by atoms with E-state index in [0.717, 1.165) is 48.3 Å². The maximum atomic E-state index is 11.4. The van der Waals surface area contributed by atoms with E-state index in [1.54, 1.807) is 0 Å². The van der Waals surface area contributed by atoms with Crippen LogP contribution in [0.3, 0.4) is 0 Å². The lowest BCUT2D eigenvalue weighted by molar-refractivity contribution is 0.670. The van der Waals surface area contributed by atoms with Gasteiger partial charge in [0.15, 0.2) is 0 Å². The van der Waals surface area contributed by atoms with E-state index in [-0.39, 0.29) is 0 Å². The molecule has 0 radical (unpaired) electrons. The lowest BCUT2D eigenvalue weighted by Crippen LogP contribution is -2.38. The first-order valence-electron chi connectivity index (χ1n) is 6.72. The minimum atomic E-state index is -0.655. The Labute approximate surface area is 117 Å². The normalized spacial score (nSPS) is 17.2. The summed E-state index contributed by atoms with van der Waals surface area (Å²) in [4.78, 5) is 11.4. The molecule has 1 N–H and O–H groups in total. The van der Waals surface area contributed by atoms with Gasteiger partial charge in [0, 0.05) is 47.9 Å². The molecule has 106 valence electrons. The Balaban J connectivity index is 2.25. The van der Waals surface area contributed by atoms with Crippen LogP contribution in [0.4, 0.5) is 5.69 Å². The van der Waals surface area contributed by atoms with Gasteiger partial charge in [0.25, 0.3) is 0 Å². The maximum Gasteiger partial charge on any atom is 0.131 e. The molecule has 0 saturated carbocycles. The van der Waals surface area contributed by atoms with E-state index in [0.29, 0.717) is 5.92 Å². The topological polar surface area (TPSA) is 58.1 Å². The molecule has 0 amide bonds. The smallest absolute Gasteiger partial charge is 0.131 e. The van der Waals surface area contributed by atoms with Crippen LogP contribution in [0.5, 0.6) is 0 Å². The number of hydrogen-bond donors (Lipinski definition) is 1. The lowest BCUT2D eigenvalue weighted by Gasteiger charge is -2.29. The maximum absolute atomic E-state index is 11.4. The molecule has 0 atom stereocenters. The van der Waals surface area contributed by atoms with E-state index in [2.05, 4.69) is 34.0 Å². The van der Waals surface area contributed by atoms with Gasteiger partial charge >= 0.3 is 0 Å². The second-order valence-electron chi connectivity index (χ2n) is 5.08. The molecule has 1 aliphatic rings. The van der Waals surface area contributed by atoms with Crippen molar-refractivity contribution in [1.29, 1.82) is 0 Å². The van der Waals surface area contributed by atoms with Crippen LogP contribution >= 0.6 is 0 Å². The van der Waals surface area contributed by atoms with Gasteiger partial charge in [-0.25, -0.2) is 9.97 Å². The largest absolute Gasteiger partial charge is 0.367 e. The lowest BCUT2D eigenvalue weighted by atomic mass is 10.2. The van der Waals surface area contributed by atoms with Crippen LogP contribution in [0.1, 0.15) is 31.3 Å². The average Bonchev–Trinajstić information content (AvgIpc) is 2.40. The standard InChI is InChI=1S/C13H22N4OS/c1-10(2)13-15-9-12(11(16-13)8-14-3)17-4-6-19(18)7-5-17/h9-10,14H,4-8H2,1-3H3. The van der Waals surface area contributed by atoms with Crippen molar-refractivity contribution in [3.8, 4) is 0 Å². The van der Waals surface area contributed by atoms with Crippen LogP contribution in [0.2, 0.25) is 0 Å². The fourth-order valence-corrected chi connectivity index (χ4v) is 3.20. The van der Waals surface area contributed by atoms with E-state index in [4.69, 9.17) is 0 Å². The summed E-state index contributed by atoms with van der Waals surface area (Å²) in [5.74, 6) is 2.70. The summed E-state index contributed by atoms with van der Waals surface area (Å²) in [6.07, 6.45) is 1.92. The van der Waals surface area contributed by atoms with Crippen molar-refractivity contribution < 1.29 is 4.21 Å². The molecular weight excluding hydrogens is 260 g/mol. The summed E-state index contributed by atoms with van der Waals surface area (Å²) in [6, 6.07) is 0. The van der Waals surface area contributed by atoms with Crippen molar-refractivity contribution in [1.82, 2.24) is 15.3 Å². The molecular formula is C13H22N4OS. The second kappa shape index (κ2) is 6.43. The minimum absolute atomic E-state index is 0.332. The Morgan fingerprint density at radius 1 is 1.42 bits per heavy atom. The summed E-state index contributed by atoms with van der Waals surface area (Å²) in [5.41, 5.74) is 2.12. The summed E-state index contributed by atoms with van der Waals surface area (Å²) in [7, 11) is 1.27. The van der Waals surface area contributed by atoms with Crippen molar-refractivity contribution >= 4 is 16.5 Å². The van der Waals surface area contributed by atoms with Gasteiger partial charge in [0.05, 0.1) is 17.6 Å². The van der Waals surface area contributed by atoms with Crippen molar-refractivity contribution in [3.63, 3.8) is 0 Å². The highest BCUT2D eigenvalue weighted by atomic mass is 32.2. The zero-order valence-corrected chi connectivity index (χ0v) is 12.7. The SMILES string of the molecule is CNCc1nc(C(C)C)ncc1N1CCS(=O)CC1. The molecule has 0 aliphatic carbocycles. The molecule has 5 nitrogen and oxygen atoms in total. The molecule has 1 fully saturated rings. The van der Waals surface area contributed by atoms with E-state index in [9.17, 15) is 4.21 Å². The van der Waals surface area contributed by atoms with Gasteiger partial charge in [-0.05, 0) is 7.05 Å². The average molecular weight is 282 g/mol. The van der Waals surface area contributed by atoms with E-state index < -0.39 is 10.8 Å². The molecule has 1 saturated heterocycles. The summed E-state index contributed by atoms with van der Waals surface area (Å²) < 4.78 is 11.4. The monoisotopic (exact) mass is 282 g/mol. The highest BCUT2D eigenvalue weighted by Gasteiger charge is 2.19. The number of nitrogens with one attached hydrogen (secondary N) is 1. The van der Waals surface area contributed by atoms with Crippen molar-refractivity contribution in [2.24, 2.45) is 0 Å². The van der Waals surface area contributed by atoms with Gasteiger partial charge in [0.1, 0.15) is 5.82 Å². The van der Waals surface area contributed by atoms with Gasteiger partial charge in [-0.2, -0.15) is 0 Å². The number of rotatable bonds is 4. The minimum Gasteiger partial charge on any atom is -0.367 e. The van der Waals surface area contributed by atoms with Gasteiger partial charge in [-0.1, -0.05) is 13.8 Å². The predicted molar refractivity (Wildman–Crippen MR) is 79.0 cm³/mol. The first-order valence-corrected chi connectivity index (χ1v) is 8.21. The van der Waals surface area contributed by atoms with E-state index in [1.807, 2.05) is 13.2 Å². The molecule has 6 heteroatoms. The molecule has 1 aromatic rings. The van der Waals surface area contributed by atoms with Crippen molar-refractivity contribution in [3.05, 3.63) is 17.7 Å². The summed E-state index contributed by atoms with van der Waals surface area (Å²) in [6.45, 7) is 6.59. The van der Waals surface area contributed by atoms with Crippen LogP contribution in [0.15, 0.2) is 6.20 Å². The number of anilines is 1. The Hall–Kier alpha value is -1.01. The molecule has 1 aliphatic heterocycles. The van der Waals surface area contributed by atoms with Gasteiger partial charge < -0.3 is 10.2 Å². The highest BCUT2D eigenvalue weighted by molar-refractivity contribution is 7.85. The Bertz CT molecular complexity index is 454. The molecule has 0 unspecified atom stereocenters. The first kappa shape index (κ1) is 14.4. The third kappa shape index (κ3) is 3.51. The zero-order chi connectivity index (χ0) is 13.8. The molecule has 19 heavy (non-hydrogen) atoms. The van der Waals surface area contributed by atoms with Gasteiger partial charge in [-0.15, -0.1) is 0 Å². The Kier molecular flexibility index (Phi) is 4.87. The fourth-order valence-electron chi connectivity index (χ4n) is 2.14. The fraction of sp³-hybridized carbons (Fsp3) is 0.692. The first-order chi connectivity index (χ1) is 9.11. The molecule has 0 bridgehead atoms. The van der Waals surface area contributed by atoms with Crippen LogP contribution < -0.4 is 10.2 Å². The predicted octanol–water partition coefficient (Wildman–Crippen LogP) is 0.888. The van der Waals surface area contributed by atoms with Gasteiger partial charge in [0.2, 0.25) is 0 Å². The molecule has 2 heterocycles. The number of aromatic nitrogens is 2. The third-order valence-corrected chi connectivity index (χ3v) is 4.52. The zero-order valence-electron chi connectivity index (χ0n) is 11.8.